The first-order valence-corrected chi connectivity index (χ1v) is 6.85. The number of aromatic amines is 1. The molecule has 3 aromatic rings. The molecule has 0 atom stereocenters. The molecular formula is C17H15N3O2. The molecule has 1 aromatic heterocycles. The first kappa shape index (κ1) is 13.9. The first-order chi connectivity index (χ1) is 10.6. The van der Waals surface area contributed by atoms with E-state index in [9.17, 15) is 9.90 Å². The number of hydrogen-bond acceptors (Lipinski definition) is 3. The van der Waals surface area contributed by atoms with E-state index in [2.05, 4.69) is 15.5 Å². The lowest BCUT2D eigenvalue weighted by Crippen LogP contribution is -2.18. The van der Waals surface area contributed by atoms with Crippen LogP contribution in [0.2, 0.25) is 0 Å². The molecular weight excluding hydrogens is 278 g/mol. The van der Waals surface area contributed by atoms with Crippen molar-refractivity contribution in [1.82, 2.24) is 10.4 Å². The highest BCUT2D eigenvalue weighted by Gasteiger charge is 2.13. The molecule has 0 aliphatic heterocycles. The summed E-state index contributed by atoms with van der Waals surface area (Å²) in [6.07, 6.45) is 1.52. The van der Waals surface area contributed by atoms with E-state index in [4.69, 9.17) is 0 Å². The molecule has 5 nitrogen and oxygen atoms in total. The van der Waals surface area contributed by atoms with Gasteiger partial charge in [0.15, 0.2) is 0 Å². The number of phenols is 1. The number of carbonyl (C=O) groups is 1. The average molecular weight is 293 g/mol. The Morgan fingerprint density at radius 3 is 2.64 bits per heavy atom. The number of aromatic nitrogens is 1. The minimum Gasteiger partial charge on any atom is -0.508 e. The van der Waals surface area contributed by atoms with Gasteiger partial charge in [-0.05, 0) is 48.4 Å². The Kier molecular flexibility index (Phi) is 3.62. The van der Waals surface area contributed by atoms with Crippen LogP contribution in [-0.4, -0.2) is 22.2 Å². The number of H-pyrrole nitrogens is 1. The molecule has 0 aliphatic carbocycles. The maximum atomic E-state index is 12.2. The normalized spacial score (nSPS) is 11.1. The van der Waals surface area contributed by atoms with Gasteiger partial charge in [0, 0.05) is 10.9 Å². The van der Waals surface area contributed by atoms with E-state index in [-0.39, 0.29) is 11.7 Å². The fourth-order valence-electron chi connectivity index (χ4n) is 2.29. The Balaban J connectivity index is 1.76. The molecule has 2 aromatic carbocycles. The SMILES string of the molecule is Cc1c(C(=O)N/N=C\c2ccc(O)cc2)[nH]c2ccccc12. The number of nitrogens with one attached hydrogen (secondary N) is 2. The molecule has 0 saturated carbocycles. The van der Waals surface area contributed by atoms with Crippen molar-refractivity contribution < 1.29 is 9.90 Å². The van der Waals surface area contributed by atoms with Gasteiger partial charge in [0.2, 0.25) is 0 Å². The zero-order valence-corrected chi connectivity index (χ0v) is 12.0. The maximum Gasteiger partial charge on any atom is 0.288 e. The number of amides is 1. The second-order valence-corrected chi connectivity index (χ2v) is 4.96. The van der Waals surface area contributed by atoms with E-state index in [1.54, 1.807) is 24.3 Å². The predicted molar refractivity (Wildman–Crippen MR) is 86.2 cm³/mol. The molecule has 0 spiro atoms. The van der Waals surface area contributed by atoms with Gasteiger partial charge in [0.25, 0.3) is 5.91 Å². The standard InChI is InChI=1S/C17H15N3O2/c1-11-14-4-2-3-5-15(14)19-16(11)17(22)20-18-10-12-6-8-13(21)9-7-12/h2-10,19,21H,1H3,(H,20,22)/b18-10-. The fourth-order valence-corrected chi connectivity index (χ4v) is 2.29. The van der Waals surface area contributed by atoms with Gasteiger partial charge in [0.1, 0.15) is 11.4 Å². The van der Waals surface area contributed by atoms with Gasteiger partial charge in [-0.1, -0.05) is 18.2 Å². The Labute approximate surface area is 127 Å². The van der Waals surface area contributed by atoms with Crippen molar-refractivity contribution in [2.24, 2.45) is 5.10 Å². The third kappa shape index (κ3) is 2.69. The Morgan fingerprint density at radius 1 is 1.18 bits per heavy atom. The summed E-state index contributed by atoms with van der Waals surface area (Å²) < 4.78 is 0. The summed E-state index contributed by atoms with van der Waals surface area (Å²) in [5.74, 6) is -0.0985. The summed E-state index contributed by atoms with van der Waals surface area (Å²) in [5, 5.41) is 14.2. The molecule has 0 saturated heterocycles. The second-order valence-electron chi connectivity index (χ2n) is 4.96. The molecule has 3 N–H and O–H groups in total. The third-order valence-corrected chi connectivity index (χ3v) is 3.47. The monoisotopic (exact) mass is 293 g/mol. The van der Waals surface area contributed by atoms with Crippen LogP contribution in [0.5, 0.6) is 5.75 Å². The molecule has 1 heterocycles. The van der Waals surface area contributed by atoms with E-state index in [1.807, 2.05) is 31.2 Å². The summed E-state index contributed by atoms with van der Waals surface area (Å²) in [6, 6.07) is 14.3. The summed E-state index contributed by atoms with van der Waals surface area (Å²) >= 11 is 0. The fraction of sp³-hybridized carbons (Fsp3) is 0.0588. The van der Waals surface area contributed by atoms with E-state index < -0.39 is 0 Å². The number of hydrogen-bond donors (Lipinski definition) is 3. The number of aryl methyl sites for hydroxylation is 1. The molecule has 0 fully saturated rings. The van der Waals surface area contributed by atoms with Crippen molar-refractivity contribution in [3.63, 3.8) is 0 Å². The van der Waals surface area contributed by atoms with Crippen LogP contribution in [-0.2, 0) is 0 Å². The first-order valence-electron chi connectivity index (χ1n) is 6.85. The number of para-hydroxylation sites is 1. The van der Waals surface area contributed by atoms with Crippen LogP contribution in [0, 0.1) is 6.92 Å². The van der Waals surface area contributed by atoms with Crippen molar-refractivity contribution >= 4 is 23.0 Å². The predicted octanol–water partition coefficient (Wildman–Crippen LogP) is 2.95. The Morgan fingerprint density at radius 2 is 1.91 bits per heavy atom. The molecule has 0 aliphatic rings. The van der Waals surface area contributed by atoms with Crippen LogP contribution in [0.3, 0.4) is 0 Å². The molecule has 110 valence electrons. The van der Waals surface area contributed by atoms with Crippen molar-refractivity contribution in [1.29, 1.82) is 0 Å². The molecule has 0 unspecified atom stereocenters. The van der Waals surface area contributed by atoms with Gasteiger partial charge in [-0.2, -0.15) is 5.10 Å². The molecule has 5 heteroatoms. The number of fused-ring (bicyclic) bond motifs is 1. The highest BCUT2D eigenvalue weighted by molar-refractivity contribution is 6.01. The highest BCUT2D eigenvalue weighted by atomic mass is 16.3. The number of nitrogens with zero attached hydrogens (tertiary/aromatic N) is 1. The Hall–Kier alpha value is -3.08. The number of carbonyl (C=O) groups excluding carboxylic acids is 1. The number of rotatable bonds is 3. The maximum absolute atomic E-state index is 12.2. The summed E-state index contributed by atoms with van der Waals surface area (Å²) in [6.45, 7) is 1.90. The minimum atomic E-state index is -0.288. The largest absolute Gasteiger partial charge is 0.508 e. The van der Waals surface area contributed by atoms with Crippen LogP contribution in [0.15, 0.2) is 53.6 Å². The zero-order chi connectivity index (χ0) is 15.5. The van der Waals surface area contributed by atoms with E-state index in [0.717, 1.165) is 22.0 Å². The van der Waals surface area contributed by atoms with E-state index in [1.165, 1.54) is 6.21 Å². The van der Waals surface area contributed by atoms with Gasteiger partial charge in [-0.15, -0.1) is 0 Å². The van der Waals surface area contributed by atoms with Crippen LogP contribution in [0.25, 0.3) is 10.9 Å². The lowest BCUT2D eigenvalue weighted by Gasteiger charge is -1.99. The van der Waals surface area contributed by atoms with Gasteiger partial charge in [0.05, 0.1) is 6.21 Å². The van der Waals surface area contributed by atoms with Crippen LogP contribution >= 0.6 is 0 Å². The van der Waals surface area contributed by atoms with E-state index in [0.29, 0.717) is 5.69 Å². The quantitative estimate of drug-likeness (QED) is 0.513. The lowest BCUT2D eigenvalue weighted by molar-refractivity contribution is 0.0950. The zero-order valence-electron chi connectivity index (χ0n) is 12.0. The summed E-state index contributed by atoms with van der Waals surface area (Å²) in [5.41, 5.74) is 5.61. The number of hydrazone groups is 1. The topological polar surface area (TPSA) is 77.5 Å². The molecule has 3 rings (SSSR count). The van der Waals surface area contributed by atoms with Crippen molar-refractivity contribution in [2.75, 3.05) is 0 Å². The lowest BCUT2D eigenvalue weighted by atomic mass is 10.1. The average Bonchev–Trinajstić information content (AvgIpc) is 2.87. The van der Waals surface area contributed by atoms with Crippen LogP contribution in [0.1, 0.15) is 21.6 Å². The van der Waals surface area contributed by atoms with Crippen molar-refractivity contribution in [3.05, 3.63) is 65.4 Å². The Bertz CT molecular complexity index is 848. The van der Waals surface area contributed by atoms with Crippen LogP contribution in [0.4, 0.5) is 0 Å². The third-order valence-electron chi connectivity index (χ3n) is 3.47. The van der Waals surface area contributed by atoms with Crippen molar-refractivity contribution in [2.45, 2.75) is 6.92 Å². The van der Waals surface area contributed by atoms with Gasteiger partial charge in [-0.3, -0.25) is 4.79 Å². The number of phenolic OH excluding ortho intramolecular Hbond substituents is 1. The molecule has 0 radical (unpaired) electrons. The van der Waals surface area contributed by atoms with E-state index >= 15 is 0 Å². The van der Waals surface area contributed by atoms with Crippen LogP contribution < -0.4 is 5.43 Å². The smallest absolute Gasteiger partial charge is 0.288 e. The van der Waals surface area contributed by atoms with Gasteiger partial charge < -0.3 is 10.1 Å². The van der Waals surface area contributed by atoms with Crippen molar-refractivity contribution in [3.8, 4) is 5.75 Å². The molecule has 22 heavy (non-hydrogen) atoms. The summed E-state index contributed by atoms with van der Waals surface area (Å²) in [4.78, 5) is 15.3. The molecule has 1 amide bonds. The second kappa shape index (κ2) is 5.73. The molecule has 0 bridgehead atoms. The minimum absolute atomic E-state index is 0.190. The summed E-state index contributed by atoms with van der Waals surface area (Å²) in [7, 11) is 0. The number of benzene rings is 2. The van der Waals surface area contributed by atoms with Gasteiger partial charge in [-0.25, -0.2) is 5.43 Å². The highest BCUT2D eigenvalue weighted by Crippen LogP contribution is 2.21. The number of aromatic hydroxyl groups is 1. The van der Waals surface area contributed by atoms with Gasteiger partial charge >= 0.3 is 0 Å².